The van der Waals surface area contributed by atoms with Crippen molar-refractivity contribution in [3.63, 3.8) is 0 Å². The molecule has 0 aliphatic carbocycles. The second-order valence-corrected chi connectivity index (χ2v) is 15.5. The fourth-order valence-corrected chi connectivity index (χ4v) is 9.70. The molecule has 0 unspecified atom stereocenters. The van der Waals surface area contributed by atoms with E-state index in [4.69, 9.17) is 4.74 Å². The number of carbonyl (C=O) groups is 1. The third-order valence-electron chi connectivity index (χ3n) is 8.97. The molecule has 2 aromatic rings. The van der Waals surface area contributed by atoms with Gasteiger partial charge in [0.2, 0.25) is 0 Å². The van der Waals surface area contributed by atoms with Gasteiger partial charge in [-0.15, -0.1) is 0 Å². The number of alkyl halides is 4. The number of anilines is 2. The number of fused-ring (bicyclic) bond motifs is 1. The van der Waals surface area contributed by atoms with Crippen LogP contribution in [0.4, 0.5) is 29.3 Å². The Labute approximate surface area is 267 Å². The predicted molar refractivity (Wildman–Crippen MR) is 177 cm³/mol. The topological polar surface area (TPSA) is 80.9 Å². The average molecular weight is 730 g/mol. The molecule has 12 heteroatoms. The van der Waals surface area contributed by atoms with E-state index < -0.39 is 39.1 Å². The van der Waals surface area contributed by atoms with Gasteiger partial charge < -0.3 is 24.8 Å². The van der Waals surface area contributed by atoms with Crippen molar-refractivity contribution in [1.82, 2.24) is 14.8 Å². The Bertz CT molecular complexity index is 1400. The van der Waals surface area contributed by atoms with Gasteiger partial charge in [0.05, 0.1) is 26.0 Å². The predicted octanol–water partition coefficient (Wildman–Crippen LogP) is 6.63. The molecule has 44 heavy (non-hydrogen) atoms. The number of amides is 1. The van der Waals surface area contributed by atoms with Crippen LogP contribution < -0.4 is 15.8 Å². The van der Waals surface area contributed by atoms with E-state index in [0.29, 0.717) is 44.6 Å². The lowest BCUT2D eigenvalue weighted by atomic mass is 9.83. The lowest BCUT2D eigenvalue weighted by Crippen LogP contribution is -2.57. The number of rotatable bonds is 6. The van der Waals surface area contributed by atoms with E-state index in [2.05, 4.69) is 34.3 Å². The number of likely N-dealkylation sites (tertiary alicyclic amines) is 2. The first-order valence-corrected chi connectivity index (χ1v) is 18.0. The van der Waals surface area contributed by atoms with Crippen LogP contribution in [0.3, 0.4) is 0 Å². The Balaban J connectivity index is 1.27. The van der Waals surface area contributed by atoms with Crippen LogP contribution in [-0.2, 0) is 4.74 Å². The van der Waals surface area contributed by atoms with E-state index in [1.807, 2.05) is 39.0 Å². The molecule has 4 heterocycles. The summed E-state index contributed by atoms with van der Waals surface area (Å²) in [5.74, 6) is 0.243. The van der Waals surface area contributed by atoms with Crippen molar-refractivity contribution < 1.29 is 22.7 Å². The van der Waals surface area contributed by atoms with Gasteiger partial charge in [-0.2, -0.15) is 13.2 Å². The van der Waals surface area contributed by atoms with Crippen LogP contribution in [0.1, 0.15) is 76.8 Å². The monoisotopic (exact) mass is 729 g/mol. The standard InChI is InChI=1S/C32H43F3IN5O3/c1-5-31(13-18-40(19-14-31)29(43)44-30(2,3)4)41-21-36-27(26-25(41)10-15-37-28(26)42)38-24-8-6-22(7-9-24)23-11-16-39(17-12-23)20-32(33,34)35/h6-10,15,23,38H,5,11-14,16-21H2,1-4H3,(H,37,42). The summed E-state index contributed by atoms with van der Waals surface area (Å²) < 4.78 is 45.7. The number of nitrogens with one attached hydrogen (secondary N) is 2. The van der Waals surface area contributed by atoms with Gasteiger partial charge in [-0.05, 0) is 95.6 Å². The van der Waals surface area contributed by atoms with Gasteiger partial charge >= 0.3 is 12.3 Å². The molecule has 2 N–H and O–H groups in total. The van der Waals surface area contributed by atoms with Crippen molar-refractivity contribution in [1.29, 1.82) is 0 Å². The Kier molecular flexibility index (Phi) is 9.69. The van der Waals surface area contributed by atoms with Gasteiger partial charge in [-0.1, -0.05) is 39.8 Å². The minimum absolute atomic E-state index is 0.117. The van der Waals surface area contributed by atoms with Gasteiger partial charge in [0, 0.05) is 30.5 Å². The number of piperidine rings is 2. The molecule has 1 amide bonds. The normalized spacial score (nSPS) is 19.9. The summed E-state index contributed by atoms with van der Waals surface area (Å²) in [6.45, 7) is 9.09. The fourth-order valence-electron chi connectivity index (χ4n) is 6.52. The average Bonchev–Trinajstić information content (AvgIpc) is 2.96. The second-order valence-electron chi connectivity index (χ2n) is 13.0. The van der Waals surface area contributed by atoms with E-state index in [1.165, 1.54) is 4.90 Å². The van der Waals surface area contributed by atoms with Gasteiger partial charge in [-0.25, -0.2) is 4.79 Å². The summed E-state index contributed by atoms with van der Waals surface area (Å²) in [4.78, 5) is 34.6. The molecule has 8 nitrogen and oxygen atoms in total. The number of pyridine rings is 1. The van der Waals surface area contributed by atoms with Crippen molar-refractivity contribution >= 4 is 41.8 Å². The lowest BCUT2D eigenvalue weighted by molar-refractivity contribution is -0.147. The van der Waals surface area contributed by atoms with Crippen LogP contribution in [-0.4, -0.2) is 79.1 Å². The number of ether oxygens (including phenoxy) is 1. The molecular formula is C32H43F3IN5O3. The Morgan fingerprint density at radius 2 is 1.73 bits per heavy atom. The van der Waals surface area contributed by atoms with E-state index in [1.54, 1.807) is 11.1 Å². The highest BCUT2D eigenvalue weighted by Gasteiger charge is 2.42. The number of nitrogens with zero attached hydrogens (tertiary/aromatic N) is 3. The molecule has 0 bridgehead atoms. The van der Waals surface area contributed by atoms with Gasteiger partial charge in [0.25, 0.3) is 5.56 Å². The zero-order valence-corrected chi connectivity index (χ0v) is 28.1. The van der Waals surface area contributed by atoms with Crippen LogP contribution in [0.15, 0.2) is 41.3 Å². The maximum absolute atomic E-state index is 13.3. The molecule has 0 saturated carbocycles. The summed E-state index contributed by atoms with van der Waals surface area (Å²) in [6, 6.07) is 10.1. The van der Waals surface area contributed by atoms with Crippen LogP contribution >= 0.6 is 20.7 Å². The third-order valence-corrected chi connectivity index (χ3v) is 11.6. The van der Waals surface area contributed by atoms with Gasteiger partial charge in [-0.3, -0.25) is 9.69 Å². The molecule has 242 valence electrons. The summed E-state index contributed by atoms with van der Waals surface area (Å²) in [5.41, 5.74) is 2.85. The van der Waals surface area contributed by atoms with Crippen molar-refractivity contribution in [2.24, 2.45) is 0 Å². The molecule has 0 atom stereocenters. The van der Waals surface area contributed by atoms with Crippen LogP contribution in [0.25, 0.3) is 0 Å². The second kappa shape index (κ2) is 13.0. The number of carbonyl (C=O) groups excluding carboxylic acids is 1. The lowest BCUT2D eigenvalue weighted by Gasteiger charge is -2.50. The zero-order valence-electron chi connectivity index (χ0n) is 25.9. The highest BCUT2D eigenvalue weighted by atomic mass is 127. The molecule has 0 radical (unpaired) electrons. The smallest absolute Gasteiger partial charge is 0.410 e. The highest BCUT2D eigenvalue weighted by molar-refractivity contribution is 14.2. The van der Waals surface area contributed by atoms with E-state index >= 15 is 0 Å². The number of hydrogen-bond acceptors (Lipinski definition) is 6. The first-order valence-electron chi connectivity index (χ1n) is 15.4. The van der Waals surface area contributed by atoms with Gasteiger partial charge in [0.1, 0.15) is 5.60 Å². The minimum atomic E-state index is -4.16. The quantitative estimate of drug-likeness (QED) is 0.198. The number of aromatic nitrogens is 1. The van der Waals surface area contributed by atoms with Crippen molar-refractivity contribution in [3.8, 4) is 0 Å². The summed E-state index contributed by atoms with van der Waals surface area (Å²) in [7, 11) is 0. The fraction of sp³-hybridized carbons (Fsp3) is 0.594. The molecular weight excluding hydrogens is 686 g/mol. The van der Waals surface area contributed by atoms with Crippen molar-refractivity contribution in [3.05, 3.63) is 58.0 Å². The molecule has 2 fully saturated rings. The SMILES string of the molecule is CCC1(N2CI=C(Nc3ccc(C4CCN(CC(F)(F)F)CC4)cc3)c3c2cc[nH]c3=O)CCN(C(=O)OC(C)(C)C)CC1. The Morgan fingerprint density at radius 3 is 2.32 bits per heavy atom. The molecule has 1 aromatic heterocycles. The number of aromatic amines is 1. The van der Waals surface area contributed by atoms with Crippen molar-refractivity contribution in [2.45, 2.75) is 83.0 Å². The summed E-state index contributed by atoms with van der Waals surface area (Å²) in [5, 5.41) is 3.55. The maximum atomic E-state index is 13.3. The maximum Gasteiger partial charge on any atom is 0.410 e. The largest absolute Gasteiger partial charge is 0.444 e. The van der Waals surface area contributed by atoms with Crippen LogP contribution in [0, 0.1) is 0 Å². The number of halogens is 4. The van der Waals surface area contributed by atoms with Crippen molar-refractivity contribution in [2.75, 3.05) is 47.5 Å². The van der Waals surface area contributed by atoms with E-state index in [9.17, 15) is 22.8 Å². The number of benzene rings is 1. The first kappa shape index (κ1) is 32.8. The molecule has 1 aromatic carbocycles. The molecule has 3 aliphatic rings. The Morgan fingerprint density at radius 1 is 1.07 bits per heavy atom. The minimum Gasteiger partial charge on any atom is -0.444 e. The third kappa shape index (κ3) is 7.60. The van der Waals surface area contributed by atoms with Crippen LogP contribution in [0.5, 0.6) is 0 Å². The first-order chi connectivity index (χ1) is 20.8. The summed E-state index contributed by atoms with van der Waals surface area (Å²) in [6.07, 6.45) is 1.21. The molecule has 0 spiro atoms. The zero-order chi connectivity index (χ0) is 31.7. The van der Waals surface area contributed by atoms with E-state index in [0.717, 1.165) is 44.4 Å². The highest BCUT2D eigenvalue weighted by Crippen LogP contribution is 2.41. The number of H-pyrrole nitrogens is 1. The summed E-state index contributed by atoms with van der Waals surface area (Å²) >= 11 is -0.561. The number of hydrogen-bond donors (Lipinski definition) is 2. The molecule has 2 saturated heterocycles. The van der Waals surface area contributed by atoms with Gasteiger partial charge in [0.15, 0.2) is 0 Å². The molecule has 3 aliphatic heterocycles. The Hall–Kier alpha value is -2.61. The van der Waals surface area contributed by atoms with Crippen LogP contribution in [0.2, 0.25) is 0 Å². The van der Waals surface area contributed by atoms with E-state index in [-0.39, 0.29) is 23.1 Å². The molecule has 5 rings (SSSR count).